The molecule has 0 rings (SSSR count). The van der Waals surface area contributed by atoms with Gasteiger partial charge in [0.05, 0.1) is 6.67 Å². The van der Waals surface area contributed by atoms with Gasteiger partial charge in [0.1, 0.15) is 0 Å². The maximum absolute atomic E-state index is 8.64. The first-order valence-corrected chi connectivity index (χ1v) is 6.22. The summed E-state index contributed by atoms with van der Waals surface area (Å²) in [5, 5.41) is 14.9. The third-order valence-corrected chi connectivity index (χ3v) is 1.06. The summed E-state index contributed by atoms with van der Waals surface area (Å²) in [5.74, 6) is 0. The Balaban J connectivity index is -0.0000000560. The number of azide groups is 2. The van der Waals surface area contributed by atoms with Gasteiger partial charge in [0.25, 0.3) is 6.47 Å². The Labute approximate surface area is 152 Å². The molecule has 0 aromatic rings. The van der Waals surface area contributed by atoms with Crippen LogP contribution in [0.25, 0.3) is 20.9 Å². The van der Waals surface area contributed by atoms with Crippen molar-refractivity contribution in [2.24, 2.45) is 10.2 Å². The molecule has 0 amide bonds. The number of rotatable bonds is 6. The molecule has 12 heteroatoms. The summed E-state index contributed by atoms with van der Waals surface area (Å²) < 4.78 is 2.34. The van der Waals surface area contributed by atoms with Crippen molar-refractivity contribution in [2.45, 2.75) is 40.0 Å². The van der Waals surface area contributed by atoms with Gasteiger partial charge in [0, 0.05) is 16.4 Å². The topological polar surface area (TPSA) is 159 Å². The molecular formula is C9H22N7NaO3S. The van der Waals surface area contributed by atoms with E-state index in [0.717, 1.165) is 12.8 Å². The standard InChI is InChI=1S/C4H9N3.C3H8.CH4N4S.CH2O3.Na/c1-2-3-4-6-7-5;1-3-2;2-5-3-1-4-6;2-1-4-3;/h2-4H2,1H3;3H2,1-2H3;4,6H,1H2;1,3H;/q;;;;+1/p-1. The fourth-order valence-corrected chi connectivity index (χ4v) is 0.400. The van der Waals surface area contributed by atoms with Crippen LogP contribution in [0.1, 0.15) is 40.0 Å². The zero-order valence-electron chi connectivity index (χ0n) is 13.0. The Morgan fingerprint density at radius 1 is 1.29 bits per heavy atom. The van der Waals surface area contributed by atoms with Crippen LogP contribution in [0.3, 0.4) is 0 Å². The average molecular weight is 331 g/mol. The minimum Gasteiger partial charge on any atom is -0.662 e. The fraction of sp³-hybridized carbons (Fsp3) is 0.889. The number of carbonyl (C=O) groups is 1. The Morgan fingerprint density at radius 2 is 1.71 bits per heavy atom. The molecule has 0 aliphatic rings. The van der Waals surface area contributed by atoms with Gasteiger partial charge in [-0.15, -0.1) is 0 Å². The molecule has 0 spiro atoms. The van der Waals surface area contributed by atoms with Crippen LogP contribution in [0.4, 0.5) is 0 Å². The number of hydrogen-bond donors (Lipinski definition) is 2. The SMILES string of the molecule is CCC.CCCCN=[N+]=[N-].O=CO[O-].[N-]=[N+]=NCNS.[Na+]. The van der Waals surface area contributed by atoms with E-state index in [1.165, 1.54) is 6.42 Å². The first kappa shape index (κ1) is 32.3. The van der Waals surface area contributed by atoms with Gasteiger partial charge in [-0.1, -0.05) is 56.7 Å². The van der Waals surface area contributed by atoms with E-state index in [1.807, 2.05) is 0 Å². The number of nitrogens with one attached hydrogen (secondary N) is 1. The molecule has 0 bridgehead atoms. The van der Waals surface area contributed by atoms with Crippen molar-refractivity contribution in [3.05, 3.63) is 20.9 Å². The smallest absolute Gasteiger partial charge is 0.662 e. The monoisotopic (exact) mass is 331 g/mol. The first-order chi connectivity index (χ1) is 9.66. The van der Waals surface area contributed by atoms with Gasteiger partial charge >= 0.3 is 29.6 Å². The third kappa shape index (κ3) is 108. The molecule has 0 atom stereocenters. The van der Waals surface area contributed by atoms with E-state index in [4.69, 9.17) is 21.1 Å². The molecule has 0 radical (unpaired) electrons. The minimum absolute atomic E-state index is 0. The number of hydrogen-bond acceptors (Lipinski definition) is 7. The summed E-state index contributed by atoms with van der Waals surface area (Å²) in [6.45, 7) is 7.01. The summed E-state index contributed by atoms with van der Waals surface area (Å²) in [5.41, 5.74) is 15.3. The van der Waals surface area contributed by atoms with E-state index in [1.54, 1.807) is 0 Å². The van der Waals surface area contributed by atoms with E-state index in [9.17, 15) is 0 Å². The summed E-state index contributed by atoms with van der Waals surface area (Å²) in [4.78, 5) is 16.3. The zero-order valence-corrected chi connectivity index (χ0v) is 15.9. The van der Waals surface area contributed by atoms with Gasteiger partial charge in [-0.2, -0.15) is 0 Å². The second-order valence-corrected chi connectivity index (χ2v) is 3.07. The molecule has 0 aromatic carbocycles. The Bertz CT molecular complexity index is 262. The van der Waals surface area contributed by atoms with Crippen molar-refractivity contribution in [2.75, 3.05) is 13.2 Å². The second kappa shape index (κ2) is 50.6. The third-order valence-electron chi connectivity index (χ3n) is 0.919. The largest absolute Gasteiger partial charge is 1.00 e. The molecule has 0 fully saturated rings. The van der Waals surface area contributed by atoms with Crippen molar-refractivity contribution in [3.63, 3.8) is 0 Å². The normalized spacial score (nSPS) is 6.33. The molecule has 0 saturated heterocycles. The number of unbranched alkanes of at least 4 members (excludes halogenated alkanes) is 1. The quantitative estimate of drug-likeness (QED) is 0.0783. The maximum atomic E-state index is 8.64. The molecule has 0 heterocycles. The van der Waals surface area contributed by atoms with E-state index < -0.39 is 0 Å². The van der Waals surface area contributed by atoms with Crippen molar-refractivity contribution in [1.82, 2.24) is 4.72 Å². The predicted octanol–water partition coefficient (Wildman–Crippen LogP) is -0.360. The van der Waals surface area contributed by atoms with Crippen LogP contribution in [0.2, 0.25) is 0 Å². The van der Waals surface area contributed by atoms with E-state index in [2.05, 4.69) is 63.2 Å². The molecule has 0 aliphatic heterocycles. The summed E-state index contributed by atoms with van der Waals surface area (Å²) in [6.07, 6.45) is 3.35. The van der Waals surface area contributed by atoms with E-state index >= 15 is 0 Å². The van der Waals surface area contributed by atoms with E-state index in [-0.39, 0.29) is 42.7 Å². The summed E-state index contributed by atoms with van der Waals surface area (Å²) in [6, 6.07) is 0. The van der Waals surface area contributed by atoms with Crippen LogP contribution >= 0.6 is 12.8 Å². The Hall–Kier alpha value is -0.640. The minimum atomic E-state index is -0.181. The Kier molecular flexibility index (Phi) is 77.9. The molecule has 10 nitrogen and oxygen atoms in total. The molecule has 21 heavy (non-hydrogen) atoms. The van der Waals surface area contributed by atoms with Gasteiger partial charge in [-0.3, -0.25) is 9.52 Å². The number of nitrogens with zero attached hydrogens (tertiary/aromatic N) is 6. The summed E-state index contributed by atoms with van der Waals surface area (Å²) in [7, 11) is 0. The van der Waals surface area contributed by atoms with Crippen LogP contribution in [-0.4, -0.2) is 19.7 Å². The van der Waals surface area contributed by atoms with Crippen molar-refractivity contribution >= 4 is 19.3 Å². The molecular weight excluding hydrogens is 309 g/mol. The van der Waals surface area contributed by atoms with Crippen LogP contribution in [0.15, 0.2) is 10.2 Å². The molecule has 1 N–H and O–H groups in total. The maximum Gasteiger partial charge on any atom is 1.00 e. The number of thiol groups is 1. The van der Waals surface area contributed by atoms with Gasteiger partial charge in [-0.25, -0.2) is 0 Å². The summed E-state index contributed by atoms with van der Waals surface area (Å²) >= 11 is 3.54. The van der Waals surface area contributed by atoms with Crippen LogP contribution in [0, 0.1) is 0 Å². The van der Waals surface area contributed by atoms with Gasteiger partial charge in [-0.05, 0) is 17.5 Å². The predicted molar refractivity (Wildman–Crippen MR) is 78.2 cm³/mol. The van der Waals surface area contributed by atoms with Crippen molar-refractivity contribution < 1.29 is 44.5 Å². The fourth-order valence-electron chi connectivity index (χ4n) is 0.337. The number of carbonyl (C=O) groups excluding carboxylic acids is 1. The van der Waals surface area contributed by atoms with Crippen molar-refractivity contribution in [3.8, 4) is 0 Å². The van der Waals surface area contributed by atoms with Crippen LogP contribution < -0.4 is 39.5 Å². The van der Waals surface area contributed by atoms with Crippen LogP contribution in [-0.2, 0) is 9.68 Å². The van der Waals surface area contributed by atoms with Gasteiger partial charge < -0.3 is 10.1 Å². The van der Waals surface area contributed by atoms with Crippen molar-refractivity contribution in [1.29, 1.82) is 0 Å². The molecule has 0 saturated carbocycles. The average Bonchev–Trinajstić information content (AvgIpc) is 2.47. The first-order valence-electron chi connectivity index (χ1n) is 5.77. The zero-order chi connectivity index (χ0) is 16.5. The molecule has 118 valence electrons. The second-order valence-electron chi connectivity index (χ2n) is 2.75. The van der Waals surface area contributed by atoms with Crippen LogP contribution in [0.5, 0.6) is 0 Å². The molecule has 0 unspecified atom stereocenters. The van der Waals surface area contributed by atoms with Gasteiger partial charge in [0.2, 0.25) is 0 Å². The van der Waals surface area contributed by atoms with E-state index in [0.29, 0.717) is 6.54 Å². The van der Waals surface area contributed by atoms with Gasteiger partial charge in [0.15, 0.2) is 0 Å². The molecule has 0 aliphatic carbocycles. The molecule has 0 aromatic heterocycles. The Morgan fingerprint density at radius 3 is 1.90 bits per heavy atom.